The van der Waals surface area contributed by atoms with E-state index in [1.54, 1.807) is 6.07 Å². The second-order valence-electron chi connectivity index (χ2n) is 6.90. The van der Waals surface area contributed by atoms with Crippen molar-refractivity contribution in [2.45, 2.75) is 11.3 Å². The number of methoxy groups -OCH3 is 2. The molecule has 0 saturated carbocycles. The van der Waals surface area contributed by atoms with Crippen molar-refractivity contribution in [1.29, 1.82) is 0 Å². The fourth-order valence-electron chi connectivity index (χ4n) is 3.22. The van der Waals surface area contributed by atoms with Gasteiger partial charge in [0.2, 0.25) is 11.7 Å². The van der Waals surface area contributed by atoms with Crippen molar-refractivity contribution in [2.75, 3.05) is 25.5 Å². The van der Waals surface area contributed by atoms with E-state index in [2.05, 4.69) is 29.6 Å². The van der Waals surface area contributed by atoms with Crippen molar-refractivity contribution in [1.82, 2.24) is 24.9 Å². The van der Waals surface area contributed by atoms with Gasteiger partial charge in [-0.1, -0.05) is 11.6 Å². The molecular formula is C20H16ClF3N6O5S. The number of ether oxygens (including phenoxy) is 3. The lowest BCUT2D eigenvalue weighted by atomic mass is 10.1. The molecule has 36 heavy (non-hydrogen) atoms. The second-order valence-corrected chi connectivity index (χ2v) is 8.93. The van der Waals surface area contributed by atoms with E-state index in [9.17, 15) is 21.6 Å². The molecule has 0 saturated heterocycles. The highest BCUT2D eigenvalue weighted by Gasteiger charge is 2.27. The third-order valence-electron chi connectivity index (χ3n) is 4.68. The molecule has 0 aliphatic heterocycles. The number of hydrogen-bond acceptors (Lipinski definition) is 9. The molecule has 0 unspecified atom stereocenters. The monoisotopic (exact) mass is 544 g/mol. The van der Waals surface area contributed by atoms with E-state index in [0.717, 1.165) is 26.5 Å². The summed E-state index contributed by atoms with van der Waals surface area (Å²) in [5, 5.41) is -0.354. The van der Waals surface area contributed by atoms with E-state index < -0.39 is 34.8 Å². The summed E-state index contributed by atoms with van der Waals surface area (Å²) in [5.74, 6) is -2.42. The first-order chi connectivity index (χ1) is 17.2. The van der Waals surface area contributed by atoms with Gasteiger partial charge in [-0.3, -0.25) is 0 Å². The number of halogens is 4. The van der Waals surface area contributed by atoms with Gasteiger partial charge in [-0.15, -0.1) is 0 Å². The number of aromatic nitrogens is 5. The Labute approximate surface area is 206 Å². The number of fused-ring (bicyclic) bond motifs is 1. The lowest BCUT2D eigenvalue weighted by molar-refractivity contribution is 0.0781. The van der Waals surface area contributed by atoms with Crippen LogP contribution in [0, 0.1) is 5.82 Å². The maximum atomic E-state index is 14.7. The van der Waals surface area contributed by atoms with Crippen molar-refractivity contribution in [3.63, 3.8) is 0 Å². The standard InChI is InChI=1S/C20H16ClF3N6O5S/c1-33-18-16(35-8-12(23)24)19(34-2)29-20(28-18)30-36(31,32)11-7-27-15-9(11)6-10(22)14(21)13(15)17-25-4-3-5-26-17/h3-7,12,27H,8H2,1-2H3,(H,28,29,30). The lowest BCUT2D eigenvalue weighted by Crippen LogP contribution is -2.16. The molecule has 0 amide bonds. The Kier molecular flexibility index (Phi) is 7.03. The maximum absolute atomic E-state index is 14.7. The molecule has 190 valence electrons. The van der Waals surface area contributed by atoms with Crippen LogP contribution in [0.5, 0.6) is 17.5 Å². The van der Waals surface area contributed by atoms with Gasteiger partial charge >= 0.3 is 0 Å². The Morgan fingerprint density at radius 1 is 1.14 bits per heavy atom. The van der Waals surface area contributed by atoms with E-state index in [4.69, 9.17) is 25.8 Å². The average Bonchev–Trinajstić information content (AvgIpc) is 3.27. The van der Waals surface area contributed by atoms with Crippen molar-refractivity contribution >= 4 is 38.5 Å². The SMILES string of the molecule is COc1nc(NS(=O)(=O)c2c[nH]c3c(-c4ncccn4)c(Cl)c(F)cc23)nc(OC)c1OCC(F)F. The molecule has 3 aromatic heterocycles. The summed E-state index contributed by atoms with van der Waals surface area (Å²) in [4.78, 5) is 18.2. The Balaban J connectivity index is 1.78. The molecule has 4 aromatic rings. The fourth-order valence-corrected chi connectivity index (χ4v) is 4.56. The fraction of sp³-hybridized carbons (Fsp3) is 0.200. The van der Waals surface area contributed by atoms with Crippen LogP contribution in [0.2, 0.25) is 5.02 Å². The molecule has 3 heterocycles. The predicted octanol–water partition coefficient (Wildman–Crippen LogP) is 3.67. The van der Waals surface area contributed by atoms with Crippen LogP contribution in [-0.2, 0) is 10.0 Å². The molecule has 11 nitrogen and oxygen atoms in total. The molecule has 1 aromatic carbocycles. The molecule has 0 fully saturated rings. The highest BCUT2D eigenvalue weighted by atomic mass is 35.5. The number of aromatic amines is 1. The zero-order chi connectivity index (χ0) is 26.0. The minimum Gasteiger partial charge on any atom is -0.478 e. The Bertz CT molecular complexity index is 1500. The van der Waals surface area contributed by atoms with Crippen LogP contribution in [-0.4, -0.2) is 60.6 Å². The number of hydrogen-bond donors (Lipinski definition) is 2. The molecule has 4 rings (SSSR count). The Morgan fingerprint density at radius 2 is 1.78 bits per heavy atom. The van der Waals surface area contributed by atoms with Crippen LogP contribution in [0.15, 0.2) is 35.6 Å². The number of nitrogens with zero attached hydrogens (tertiary/aromatic N) is 4. The van der Waals surface area contributed by atoms with Gasteiger partial charge in [0.05, 0.1) is 30.3 Å². The summed E-state index contributed by atoms with van der Waals surface area (Å²) in [6.45, 7) is -1.00. The van der Waals surface area contributed by atoms with Crippen molar-refractivity contribution in [3.05, 3.63) is 41.6 Å². The van der Waals surface area contributed by atoms with Gasteiger partial charge in [0.1, 0.15) is 17.3 Å². The zero-order valence-corrected chi connectivity index (χ0v) is 20.0. The highest BCUT2D eigenvalue weighted by molar-refractivity contribution is 7.93. The van der Waals surface area contributed by atoms with Crippen molar-refractivity contribution < 1.29 is 35.8 Å². The van der Waals surface area contributed by atoms with Gasteiger partial charge in [-0.05, 0) is 12.1 Å². The third-order valence-corrected chi connectivity index (χ3v) is 6.42. The third kappa shape index (κ3) is 4.79. The Morgan fingerprint density at radius 3 is 2.36 bits per heavy atom. The van der Waals surface area contributed by atoms with Gasteiger partial charge in [-0.25, -0.2) is 36.3 Å². The summed E-state index contributed by atoms with van der Waals surface area (Å²) in [7, 11) is -2.12. The molecule has 0 radical (unpaired) electrons. The summed E-state index contributed by atoms with van der Waals surface area (Å²) < 4.78 is 83.4. The van der Waals surface area contributed by atoms with E-state index in [0.29, 0.717) is 0 Å². The first-order valence-corrected chi connectivity index (χ1v) is 11.7. The molecule has 0 aliphatic carbocycles. The van der Waals surface area contributed by atoms with E-state index in [-0.39, 0.29) is 49.7 Å². The summed E-state index contributed by atoms with van der Waals surface area (Å²) >= 11 is 6.14. The molecule has 0 aliphatic rings. The largest absolute Gasteiger partial charge is 0.478 e. The van der Waals surface area contributed by atoms with Gasteiger partial charge in [0, 0.05) is 24.0 Å². The number of rotatable bonds is 9. The number of sulfonamides is 1. The van der Waals surface area contributed by atoms with Crippen LogP contribution in [0.1, 0.15) is 0 Å². The number of benzene rings is 1. The average molecular weight is 545 g/mol. The van der Waals surface area contributed by atoms with Gasteiger partial charge in [0.15, 0.2) is 5.82 Å². The number of H-pyrrole nitrogens is 1. The summed E-state index contributed by atoms with van der Waals surface area (Å²) in [5.41, 5.74) is 0.230. The smallest absolute Gasteiger partial charge is 0.272 e. The van der Waals surface area contributed by atoms with Crippen molar-refractivity contribution in [3.8, 4) is 28.9 Å². The predicted molar refractivity (Wildman–Crippen MR) is 122 cm³/mol. The Hall–Kier alpha value is -3.85. The van der Waals surface area contributed by atoms with Crippen LogP contribution < -0.4 is 18.9 Å². The van der Waals surface area contributed by atoms with Crippen molar-refractivity contribution in [2.24, 2.45) is 0 Å². The van der Waals surface area contributed by atoms with Gasteiger partial charge in [0.25, 0.3) is 28.2 Å². The van der Waals surface area contributed by atoms with E-state index >= 15 is 0 Å². The van der Waals surface area contributed by atoms with E-state index in [1.165, 1.54) is 12.4 Å². The number of anilines is 1. The van der Waals surface area contributed by atoms with Gasteiger partial charge in [-0.2, -0.15) is 9.97 Å². The first-order valence-electron chi connectivity index (χ1n) is 9.86. The maximum Gasteiger partial charge on any atom is 0.272 e. The van der Waals surface area contributed by atoms with Crippen LogP contribution >= 0.6 is 11.6 Å². The first kappa shape index (κ1) is 25.2. The molecule has 0 spiro atoms. The van der Waals surface area contributed by atoms with Crippen LogP contribution in [0.25, 0.3) is 22.3 Å². The van der Waals surface area contributed by atoms with Gasteiger partial charge < -0.3 is 19.2 Å². The topological polar surface area (TPSA) is 141 Å². The zero-order valence-electron chi connectivity index (χ0n) is 18.4. The van der Waals surface area contributed by atoms with Crippen LogP contribution in [0.3, 0.4) is 0 Å². The quantitative estimate of drug-likeness (QED) is 0.323. The molecule has 16 heteroatoms. The van der Waals surface area contributed by atoms with E-state index in [1.807, 2.05) is 0 Å². The second kappa shape index (κ2) is 10.0. The molecular weight excluding hydrogens is 529 g/mol. The highest BCUT2D eigenvalue weighted by Crippen LogP contribution is 2.39. The normalized spacial score (nSPS) is 11.6. The minimum atomic E-state index is -4.44. The molecule has 0 atom stereocenters. The minimum absolute atomic E-state index is 0.0531. The number of alkyl halides is 2. The molecule has 2 N–H and O–H groups in total. The lowest BCUT2D eigenvalue weighted by Gasteiger charge is -2.14. The van der Waals surface area contributed by atoms with Crippen LogP contribution in [0.4, 0.5) is 19.1 Å². The summed E-state index contributed by atoms with van der Waals surface area (Å²) in [6, 6.07) is 2.49. The number of nitrogens with one attached hydrogen (secondary N) is 2. The molecule has 0 bridgehead atoms. The summed E-state index contributed by atoms with van der Waals surface area (Å²) in [6.07, 6.45) is 1.15.